The van der Waals surface area contributed by atoms with E-state index in [1.54, 1.807) is 0 Å². The van der Waals surface area contributed by atoms with Crippen LogP contribution in [0.1, 0.15) is 26.2 Å². The number of carbonyl (C=O) groups is 1. The van der Waals surface area contributed by atoms with Crippen molar-refractivity contribution in [3.8, 4) is 0 Å². The minimum atomic E-state index is -0.689. The van der Waals surface area contributed by atoms with Gasteiger partial charge < -0.3 is 5.11 Å². The molecule has 0 aliphatic carbocycles. The molecule has 1 fully saturated rings. The van der Waals surface area contributed by atoms with Gasteiger partial charge in [-0.3, -0.25) is 9.69 Å². The molecule has 3 nitrogen and oxygen atoms in total. The van der Waals surface area contributed by atoms with Crippen molar-refractivity contribution in [3.63, 3.8) is 0 Å². The fourth-order valence-corrected chi connectivity index (χ4v) is 1.97. The summed E-state index contributed by atoms with van der Waals surface area (Å²) in [6, 6.07) is -0.287. The lowest BCUT2D eigenvalue weighted by molar-refractivity contribution is -0.142. The Bertz CT molecular complexity index is 215. The third-order valence-electron chi connectivity index (χ3n) is 2.85. The van der Waals surface area contributed by atoms with Gasteiger partial charge in [-0.25, -0.2) is 0 Å². The van der Waals surface area contributed by atoms with Gasteiger partial charge in [0.1, 0.15) is 6.04 Å². The summed E-state index contributed by atoms with van der Waals surface area (Å²) in [5.74, 6) is -0.335. The predicted octanol–water partition coefficient (Wildman–Crippen LogP) is 1.75. The molecule has 1 saturated heterocycles. The molecular weight excluding hydrogens is 178 g/mol. The van der Waals surface area contributed by atoms with Crippen LogP contribution in [0.15, 0.2) is 12.7 Å². The Morgan fingerprint density at radius 1 is 1.71 bits per heavy atom. The summed E-state index contributed by atoms with van der Waals surface area (Å²) in [6.45, 7) is 7.62. The van der Waals surface area contributed by atoms with E-state index in [1.165, 1.54) is 0 Å². The number of likely N-dealkylation sites (tertiary alicyclic amines) is 1. The van der Waals surface area contributed by atoms with Crippen LogP contribution < -0.4 is 0 Å². The molecule has 1 aliphatic rings. The third-order valence-corrected chi connectivity index (χ3v) is 2.85. The Morgan fingerprint density at radius 2 is 2.43 bits per heavy atom. The summed E-state index contributed by atoms with van der Waals surface area (Å²) < 4.78 is 0. The van der Waals surface area contributed by atoms with Crippen LogP contribution in [0.5, 0.6) is 0 Å². The molecule has 80 valence electrons. The fraction of sp³-hybridized carbons (Fsp3) is 0.727. The summed E-state index contributed by atoms with van der Waals surface area (Å²) in [6.07, 6.45) is 4.79. The summed E-state index contributed by atoms with van der Waals surface area (Å²) in [5, 5.41) is 9.02. The number of carboxylic acid groups (broad SMARTS) is 1. The first-order chi connectivity index (χ1) is 6.69. The van der Waals surface area contributed by atoms with Crippen molar-refractivity contribution >= 4 is 5.97 Å². The average Bonchev–Trinajstić information content (AvgIpc) is 2.58. The van der Waals surface area contributed by atoms with E-state index >= 15 is 0 Å². The van der Waals surface area contributed by atoms with E-state index in [1.807, 2.05) is 6.08 Å². The van der Waals surface area contributed by atoms with E-state index in [0.29, 0.717) is 5.92 Å². The van der Waals surface area contributed by atoms with Crippen LogP contribution in [0.3, 0.4) is 0 Å². The Kier molecular flexibility index (Phi) is 4.14. The summed E-state index contributed by atoms with van der Waals surface area (Å²) in [7, 11) is 0. The van der Waals surface area contributed by atoms with Crippen molar-refractivity contribution in [1.82, 2.24) is 4.90 Å². The predicted molar refractivity (Wildman–Crippen MR) is 56.2 cm³/mol. The van der Waals surface area contributed by atoms with Gasteiger partial charge in [0.15, 0.2) is 0 Å². The standard InChI is InChI=1S/C11H19NO2/c1-3-5-6-12-8-9(4-2)7-10(12)11(13)14/h4,9-10H,2-3,5-8H2,1H3,(H,13,14). The molecule has 2 unspecified atom stereocenters. The van der Waals surface area contributed by atoms with E-state index in [9.17, 15) is 4.79 Å². The van der Waals surface area contributed by atoms with Crippen molar-refractivity contribution < 1.29 is 9.90 Å². The van der Waals surface area contributed by atoms with Crippen molar-refractivity contribution in [1.29, 1.82) is 0 Å². The molecule has 0 aromatic heterocycles. The monoisotopic (exact) mass is 197 g/mol. The molecule has 3 heteroatoms. The lowest BCUT2D eigenvalue weighted by Gasteiger charge is -2.20. The molecule has 14 heavy (non-hydrogen) atoms. The highest BCUT2D eigenvalue weighted by Crippen LogP contribution is 2.24. The normalized spacial score (nSPS) is 27.8. The van der Waals surface area contributed by atoms with Gasteiger partial charge in [-0.2, -0.15) is 0 Å². The summed E-state index contributed by atoms with van der Waals surface area (Å²) in [5.41, 5.74) is 0. The van der Waals surface area contributed by atoms with Gasteiger partial charge in [-0.05, 0) is 25.3 Å². The van der Waals surface area contributed by atoms with Crippen LogP contribution in [0.25, 0.3) is 0 Å². The Hall–Kier alpha value is -0.830. The van der Waals surface area contributed by atoms with Gasteiger partial charge in [0.2, 0.25) is 0 Å². The summed E-state index contributed by atoms with van der Waals surface area (Å²) in [4.78, 5) is 13.0. The SMILES string of the molecule is C=CC1CC(C(=O)O)N(CCCC)C1. The number of rotatable bonds is 5. The second kappa shape index (κ2) is 5.15. The largest absolute Gasteiger partial charge is 0.480 e. The maximum absolute atomic E-state index is 11.0. The molecular formula is C11H19NO2. The lowest BCUT2D eigenvalue weighted by Crippen LogP contribution is -2.36. The Labute approximate surface area is 85.4 Å². The van der Waals surface area contributed by atoms with Crippen molar-refractivity contribution in [2.75, 3.05) is 13.1 Å². The second-order valence-electron chi connectivity index (χ2n) is 3.93. The first-order valence-corrected chi connectivity index (χ1v) is 5.28. The first-order valence-electron chi connectivity index (χ1n) is 5.28. The molecule has 0 amide bonds. The molecule has 2 atom stereocenters. The van der Waals surface area contributed by atoms with E-state index in [2.05, 4.69) is 18.4 Å². The molecule has 1 rings (SSSR count). The van der Waals surface area contributed by atoms with Crippen LogP contribution in [0.4, 0.5) is 0 Å². The highest BCUT2D eigenvalue weighted by Gasteiger charge is 2.34. The topological polar surface area (TPSA) is 40.5 Å². The van der Waals surface area contributed by atoms with E-state index in [-0.39, 0.29) is 6.04 Å². The third kappa shape index (κ3) is 2.58. The zero-order valence-corrected chi connectivity index (χ0v) is 8.78. The maximum Gasteiger partial charge on any atom is 0.320 e. The number of hydrogen-bond acceptors (Lipinski definition) is 2. The highest BCUT2D eigenvalue weighted by atomic mass is 16.4. The van der Waals surface area contributed by atoms with Gasteiger partial charge in [-0.1, -0.05) is 19.4 Å². The number of hydrogen-bond donors (Lipinski definition) is 1. The molecule has 0 bridgehead atoms. The number of unbranched alkanes of at least 4 members (excludes halogenated alkanes) is 1. The van der Waals surface area contributed by atoms with Crippen LogP contribution in [0.2, 0.25) is 0 Å². The second-order valence-corrected chi connectivity index (χ2v) is 3.93. The summed E-state index contributed by atoms with van der Waals surface area (Å²) >= 11 is 0. The van der Waals surface area contributed by atoms with E-state index in [4.69, 9.17) is 5.11 Å². The number of aliphatic carboxylic acids is 1. The average molecular weight is 197 g/mol. The minimum Gasteiger partial charge on any atom is -0.480 e. The van der Waals surface area contributed by atoms with Gasteiger partial charge in [0, 0.05) is 6.54 Å². The smallest absolute Gasteiger partial charge is 0.320 e. The van der Waals surface area contributed by atoms with Crippen molar-refractivity contribution in [2.45, 2.75) is 32.2 Å². The van der Waals surface area contributed by atoms with Crippen LogP contribution in [-0.2, 0) is 4.79 Å². The molecule has 0 aromatic carbocycles. The quantitative estimate of drug-likeness (QED) is 0.682. The zero-order chi connectivity index (χ0) is 10.6. The fourth-order valence-electron chi connectivity index (χ4n) is 1.97. The van der Waals surface area contributed by atoms with Crippen LogP contribution in [0, 0.1) is 5.92 Å². The van der Waals surface area contributed by atoms with Gasteiger partial charge in [-0.15, -0.1) is 6.58 Å². The molecule has 0 saturated carbocycles. The van der Waals surface area contributed by atoms with Gasteiger partial charge in [0.25, 0.3) is 0 Å². The zero-order valence-electron chi connectivity index (χ0n) is 8.78. The highest BCUT2D eigenvalue weighted by molar-refractivity contribution is 5.74. The minimum absolute atomic E-state index is 0.287. The Balaban J connectivity index is 2.52. The number of carboxylic acids is 1. The van der Waals surface area contributed by atoms with Crippen molar-refractivity contribution in [3.05, 3.63) is 12.7 Å². The Morgan fingerprint density at radius 3 is 2.93 bits per heavy atom. The molecule has 0 radical (unpaired) electrons. The van der Waals surface area contributed by atoms with Crippen LogP contribution >= 0.6 is 0 Å². The first kappa shape index (κ1) is 11.2. The molecule has 1 N–H and O–H groups in total. The molecule has 0 spiro atoms. The lowest BCUT2D eigenvalue weighted by atomic mass is 10.1. The van der Waals surface area contributed by atoms with E-state index < -0.39 is 5.97 Å². The maximum atomic E-state index is 11.0. The molecule has 0 aromatic rings. The van der Waals surface area contributed by atoms with Crippen LogP contribution in [-0.4, -0.2) is 35.1 Å². The number of nitrogens with zero attached hydrogens (tertiary/aromatic N) is 1. The molecule has 1 heterocycles. The molecule has 1 aliphatic heterocycles. The van der Waals surface area contributed by atoms with Crippen molar-refractivity contribution in [2.24, 2.45) is 5.92 Å². The van der Waals surface area contributed by atoms with E-state index in [0.717, 1.165) is 32.4 Å². The van der Waals surface area contributed by atoms with Gasteiger partial charge in [0.05, 0.1) is 0 Å². The van der Waals surface area contributed by atoms with Gasteiger partial charge >= 0.3 is 5.97 Å².